The second kappa shape index (κ2) is 7.01. The smallest absolute Gasteiger partial charge is 0.152 e. The van der Waals surface area contributed by atoms with E-state index < -0.39 is 9.84 Å². The molecular weight excluding hydrogens is 284 g/mol. The molecule has 1 heterocycles. The van der Waals surface area contributed by atoms with E-state index in [1.165, 1.54) is 0 Å². The van der Waals surface area contributed by atoms with E-state index in [1.54, 1.807) is 0 Å². The molecule has 0 spiro atoms. The maximum absolute atomic E-state index is 11.7. The van der Waals surface area contributed by atoms with Crippen LogP contribution >= 0.6 is 12.4 Å². The van der Waals surface area contributed by atoms with Crippen LogP contribution in [-0.2, 0) is 9.84 Å². The van der Waals surface area contributed by atoms with Crippen molar-refractivity contribution in [3.63, 3.8) is 0 Å². The summed E-state index contributed by atoms with van der Waals surface area (Å²) >= 11 is 0. The quantitative estimate of drug-likeness (QED) is 0.906. The molecule has 1 aliphatic rings. The summed E-state index contributed by atoms with van der Waals surface area (Å²) in [7, 11) is -2.90. The van der Waals surface area contributed by atoms with Crippen molar-refractivity contribution in [1.29, 1.82) is 0 Å². The molecule has 0 amide bonds. The average molecular weight is 305 g/mol. The minimum atomic E-state index is -2.90. The van der Waals surface area contributed by atoms with Crippen LogP contribution < -0.4 is 10.2 Å². The van der Waals surface area contributed by atoms with Gasteiger partial charge in [-0.15, -0.1) is 12.4 Å². The second-order valence-corrected chi connectivity index (χ2v) is 6.89. The van der Waals surface area contributed by atoms with Gasteiger partial charge in [-0.2, -0.15) is 0 Å². The van der Waals surface area contributed by atoms with Gasteiger partial charge >= 0.3 is 0 Å². The zero-order valence-corrected chi connectivity index (χ0v) is 12.8. The predicted molar refractivity (Wildman–Crippen MR) is 83.3 cm³/mol. The van der Waals surface area contributed by atoms with Gasteiger partial charge < -0.3 is 10.2 Å². The first-order valence-corrected chi connectivity index (χ1v) is 8.23. The fourth-order valence-corrected chi connectivity index (χ4v) is 3.56. The Morgan fingerprint density at radius 2 is 2.00 bits per heavy atom. The number of fused-ring (bicyclic) bond motifs is 1. The maximum Gasteiger partial charge on any atom is 0.152 e. The topological polar surface area (TPSA) is 49.4 Å². The largest absolute Gasteiger partial charge is 0.382 e. The van der Waals surface area contributed by atoms with Crippen LogP contribution in [0, 0.1) is 0 Å². The van der Waals surface area contributed by atoms with Crippen molar-refractivity contribution in [2.24, 2.45) is 0 Å². The Bertz CT molecular complexity index is 505. The monoisotopic (exact) mass is 304 g/mol. The summed E-state index contributed by atoms with van der Waals surface area (Å²) in [5.74, 6) is 0.538. The van der Waals surface area contributed by atoms with Crippen LogP contribution in [0.4, 0.5) is 11.4 Å². The molecule has 0 radical (unpaired) electrons. The van der Waals surface area contributed by atoms with Gasteiger partial charge in [-0.25, -0.2) is 8.42 Å². The van der Waals surface area contributed by atoms with Gasteiger partial charge in [0.15, 0.2) is 9.84 Å². The van der Waals surface area contributed by atoms with Gasteiger partial charge in [-0.3, -0.25) is 0 Å². The van der Waals surface area contributed by atoms with E-state index in [9.17, 15) is 8.42 Å². The zero-order valence-electron chi connectivity index (χ0n) is 11.1. The SMILES string of the molecule is CCCS(=O)(=O)CCN1CCNc2ccccc21.Cl. The van der Waals surface area contributed by atoms with E-state index >= 15 is 0 Å². The molecule has 1 aliphatic heterocycles. The molecule has 0 aromatic heterocycles. The summed E-state index contributed by atoms with van der Waals surface area (Å²) in [5, 5.41) is 3.32. The van der Waals surface area contributed by atoms with Crippen LogP contribution in [0.2, 0.25) is 0 Å². The van der Waals surface area contributed by atoms with Crippen molar-refractivity contribution in [3.8, 4) is 0 Å². The molecule has 2 rings (SSSR count). The number of rotatable bonds is 5. The number of halogens is 1. The summed E-state index contributed by atoms with van der Waals surface area (Å²) in [6, 6.07) is 8.04. The number of para-hydroxylation sites is 2. The highest BCUT2D eigenvalue weighted by Gasteiger charge is 2.18. The van der Waals surface area contributed by atoms with Gasteiger partial charge in [-0.1, -0.05) is 19.1 Å². The zero-order chi connectivity index (χ0) is 13.0. The van der Waals surface area contributed by atoms with Crippen molar-refractivity contribution in [2.45, 2.75) is 13.3 Å². The number of hydrogen-bond acceptors (Lipinski definition) is 4. The molecule has 0 bridgehead atoms. The van der Waals surface area contributed by atoms with Crippen molar-refractivity contribution in [3.05, 3.63) is 24.3 Å². The van der Waals surface area contributed by atoms with Gasteiger partial charge in [0.2, 0.25) is 0 Å². The Morgan fingerprint density at radius 1 is 1.26 bits per heavy atom. The minimum Gasteiger partial charge on any atom is -0.382 e. The fourth-order valence-electron chi connectivity index (χ4n) is 2.24. The first-order chi connectivity index (χ1) is 8.62. The van der Waals surface area contributed by atoms with Crippen molar-refractivity contribution in [1.82, 2.24) is 0 Å². The molecule has 0 aliphatic carbocycles. The Labute approximate surface area is 121 Å². The Balaban J connectivity index is 0.00000180. The Hall–Kier alpha value is -0.940. The van der Waals surface area contributed by atoms with E-state index in [0.717, 1.165) is 24.5 Å². The molecule has 0 unspecified atom stereocenters. The van der Waals surface area contributed by atoms with Gasteiger partial charge in [0.1, 0.15) is 0 Å². The highest BCUT2D eigenvalue weighted by Crippen LogP contribution is 2.27. The first-order valence-electron chi connectivity index (χ1n) is 6.40. The lowest BCUT2D eigenvalue weighted by molar-refractivity contribution is 0.593. The van der Waals surface area contributed by atoms with E-state index in [2.05, 4.69) is 10.2 Å². The average Bonchev–Trinajstić information content (AvgIpc) is 2.36. The number of sulfone groups is 1. The molecule has 0 atom stereocenters. The maximum atomic E-state index is 11.7. The van der Waals surface area contributed by atoms with Crippen LogP contribution in [0.1, 0.15) is 13.3 Å². The molecule has 4 nitrogen and oxygen atoms in total. The molecule has 0 fully saturated rings. The van der Waals surface area contributed by atoms with Gasteiger partial charge in [0, 0.05) is 25.4 Å². The first kappa shape index (κ1) is 16.1. The van der Waals surface area contributed by atoms with Crippen molar-refractivity contribution in [2.75, 3.05) is 41.4 Å². The highest BCUT2D eigenvalue weighted by atomic mass is 35.5. The summed E-state index contributed by atoms with van der Waals surface area (Å²) in [6.07, 6.45) is 0.695. The number of benzene rings is 1. The van der Waals surface area contributed by atoms with Crippen LogP contribution in [0.3, 0.4) is 0 Å². The van der Waals surface area contributed by atoms with Gasteiger partial charge in [-0.05, 0) is 18.6 Å². The molecule has 6 heteroatoms. The van der Waals surface area contributed by atoms with Crippen molar-refractivity contribution < 1.29 is 8.42 Å². The van der Waals surface area contributed by atoms with Crippen LogP contribution in [0.25, 0.3) is 0 Å². The standard InChI is InChI=1S/C13H20N2O2S.ClH/c1-2-10-18(16,17)11-9-15-8-7-14-12-5-3-4-6-13(12)15;/h3-6,14H,2,7-11H2,1H3;1H. The third kappa shape index (κ3) is 4.28. The van der Waals surface area contributed by atoms with Crippen molar-refractivity contribution >= 4 is 33.6 Å². The van der Waals surface area contributed by atoms with E-state index in [4.69, 9.17) is 0 Å². The van der Waals surface area contributed by atoms with E-state index in [0.29, 0.717) is 18.7 Å². The molecule has 1 aromatic carbocycles. The minimum absolute atomic E-state index is 0. The molecule has 1 aromatic rings. The predicted octanol–water partition coefficient (Wildman–Crippen LogP) is 2.17. The van der Waals surface area contributed by atoms with Crippen LogP contribution in [-0.4, -0.2) is 39.6 Å². The summed E-state index contributed by atoms with van der Waals surface area (Å²) < 4.78 is 23.5. The second-order valence-electron chi connectivity index (χ2n) is 4.58. The van der Waals surface area contributed by atoms with Gasteiger partial charge in [0.25, 0.3) is 0 Å². The number of anilines is 2. The number of nitrogens with one attached hydrogen (secondary N) is 1. The molecule has 0 saturated heterocycles. The molecular formula is C13H21ClN2O2S. The van der Waals surface area contributed by atoms with E-state index in [-0.39, 0.29) is 18.2 Å². The molecule has 1 N–H and O–H groups in total. The molecule has 108 valence electrons. The normalized spacial score (nSPS) is 14.3. The van der Waals surface area contributed by atoms with E-state index in [1.807, 2.05) is 31.2 Å². The Kier molecular flexibility index (Phi) is 5.94. The summed E-state index contributed by atoms with van der Waals surface area (Å²) in [4.78, 5) is 2.15. The fraction of sp³-hybridized carbons (Fsp3) is 0.538. The number of hydrogen-bond donors (Lipinski definition) is 1. The lowest BCUT2D eigenvalue weighted by atomic mass is 10.2. The third-order valence-corrected chi connectivity index (χ3v) is 4.96. The lowest BCUT2D eigenvalue weighted by Crippen LogP contribution is -2.37. The third-order valence-electron chi connectivity index (χ3n) is 3.13. The van der Waals surface area contributed by atoms with Gasteiger partial charge in [0.05, 0.1) is 17.1 Å². The lowest BCUT2D eigenvalue weighted by Gasteiger charge is -2.31. The highest BCUT2D eigenvalue weighted by molar-refractivity contribution is 7.91. The Morgan fingerprint density at radius 3 is 2.74 bits per heavy atom. The van der Waals surface area contributed by atoms with Crippen LogP contribution in [0.5, 0.6) is 0 Å². The molecule has 19 heavy (non-hydrogen) atoms. The summed E-state index contributed by atoms with van der Waals surface area (Å²) in [6.45, 7) is 4.21. The number of nitrogens with zero attached hydrogens (tertiary/aromatic N) is 1. The van der Waals surface area contributed by atoms with Crippen LogP contribution in [0.15, 0.2) is 24.3 Å². The summed E-state index contributed by atoms with van der Waals surface area (Å²) in [5.41, 5.74) is 2.20. The molecule has 0 saturated carbocycles.